The average Bonchev–Trinajstić information content (AvgIpc) is 2.89. The van der Waals surface area contributed by atoms with Crippen LogP contribution in [0.1, 0.15) is 42.5 Å². The van der Waals surface area contributed by atoms with Crippen LogP contribution in [0.4, 0.5) is 5.69 Å². The number of hydrogen-bond acceptors (Lipinski definition) is 4. The molecule has 7 nitrogen and oxygen atoms in total. The quantitative estimate of drug-likeness (QED) is 0.314. The minimum absolute atomic E-state index is 0.0917. The zero-order chi connectivity index (χ0) is 29.4. The van der Waals surface area contributed by atoms with Crippen molar-refractivity contribution in [2.75, 3.05) is 17.1 Å². The van der Waals surface area contributed by atoms with Crippen LogP contribution in [-0.2, 0) is 32.6 Å². The predicted molar refractivity (Wildman–Crippen MR) is 162 cm³/mol. The van der Waals surface area contributed by atoms with Gasteiger partial charge in [0.1, 0.15) is 12.6 Å². The molecule has 0 unspecified atom stereocenters. The molecule has 3 aromatic rings. The van der Waals surface area contributed by atoms with E-state index in [0.29, 0.717) is 16.3 Å². The van der Waals surface area contributed by atoms with Gasteiger partial charge in [0, 0.05) is 24.0 Å². The summed E-state index contributed by atoms with van der Waals surface area (Å²) >= 11 is 6.11. The number of amides is 2. The Morgan fingerprint density at radius 3 is 2.23 bits per heavy atom. The highest BCUT2D eigenvalue weighted by atomic mass is 35.5. The molecule has 0 saturated carbocycles. The lowest BCUT2D eigenvalue weighted by atomic mass is 10.0. The Kier molecular flexibility index (Phi) is 10.8. The van der Waals surface area contributed by atoms with Crippen LogP contribution in [-0.4, -0.2) is 50.0 Å². The number of benzene rings is 3. The van der Waals surface area contributed by atoms with Gasteiger partial charge < -0.3 is 10.2 Å². The summed E-state index contributed by atoms with van der Waals surface area (Å²) in [4.78, 5) is 29.4. The third kappa shape index (κ3) is 8.57. The summed E-state index contributed by atoms with van der Waals surface area (Å²) < 4.78 is 27.0. The van der Waals surface area contributed by atoms with Gasteiger partial charge in [-0.15, -0.1) is 0 Å². The smallest absolute Gasteiger partial charge is 0.244 e. The van der Waals surface area contributed by atoms with Crippen molar-refractivity contribution in [1.29, 1.82) is 0 Å². The Labute approximate surface area is 243 Å². The van der Waals surface area contributed by atoms with Gasteiger partial charge in [-0.05, 0) is 62.1 Å². The molecule has 2 amide bonds. The fourth-order valence-electron chi connectivity index (χ4n) is 4.50. The standard InChI is InChI=1S/C31H38ClN3O4S/c1-6-24(4)33-31(37)29(19-25-12-8-7-9-13-25)34(20-26-14-10-11-22(2)17-26)30(36)21-35(40(5,38)39)28-16-15-27(32)18-23(28)3/h7-18,24,29H,6,19-21H2,1-5H3,(H,33,37)/t24-,29+/m0/s1. The van der Waals surface area contributed by atoms with E-state index in [2.05, 4.69) is 5.32 Å². The van der Waals surface area contributed by atoms with Crippen LogP contribution >= 0.6 is 11.6 Å². The molecule has 0 aliphatic heterocycles. The van der Waals surface area contributed by atoms with Gasteiger partial charge in [0.15, 0.2) is 0 Å². The number of nitrogens with zero attached hydrogens (tertiary/aromatic N) is 2. The molecule has 0 aliphatic rings. The van der Waals surface area contributed by atoms with Crippen LogP contribution in [0, 0.1) is 13.8 Å². The molecule has 0 aliphatic carbocycles. The van der Waals surface area contributed by atoms with E-state index in [1.807, 2.05) is 75.4 Å². The number of nitrogens with one attached hydrogen (secondary N) is 1. The topological polar surface area (TPSA) is 86.8 Å². The molecule has 3 rings (SSSR count). The Hall–Kier alpha value is -3.36. The first-order chi connectivity index (χ1) is 18.9. The summed E-state index contributed by atoms with van der Waals surface area (Å²) in [5, 5.41) is 3.50. The molecule has 40 heavy (non-hydrogen) atoms. The van der Waals surface area contributed by atoms with Crippen LogP contribution < -0.4 is 9.62 Å². The van der Waals surface area contributed by atoms with Crippen molar-refractivity contribution in [3.8, 4) is 0 Å². The van der Waals surface area contributed by atoms with Crippen LogP contribution in [0.3, 0.4) is 0 Å². The van der Waals surface area contributed by atoms with Gasteiger partial charge in [-0.25, -0.2) is 8.42 Å². The van der Waals surface area contributed by atoms with Crippen molar-refractivity contribution in [1.82, 2.24) is 10.2 Å². The summed E-state index contributed by atoms with van der Waals surface area (Å²) in [6, 6.07) is 21.1. The second kappa shape index (κ2) is 13.8. The second-order valence-electron chi connectivity index (χ2n) is 10.2. The van der Waals surface area contributed by atoms with E-state index in [-0.39, 0.29) is 24.9 Å². The Morgan fingerprint density at radius 1 is 0.950 bits per heavy atom. The van der Waals surface area contributed by atoms with Gasteiger partial charge in [0.25, 0.3) is 0 Å². The maximum Gasteiger partial charge on any atom is 0.244 e. The summed E-state index contributed by atoms with van der Waals surface area (Å²) in [5.41, 5.74) is 3.73. The molecule has 0 saturated heterocycles. The Balaban J connectivity index is 2.08. The Morgan fingerprint density at radius 2 is 1.62 bits per heavy atom. The van der Waals surface area contributed by atoms with Gasteiger partial charge >= 0.3 is 0 Å². The molecule has 0 fully saturated rings. The molecule has 9 heteroatoms. The van der Waals surface area contributed by atoms with E-state index in [4.69, 9.17) is 11.6 Å². The highest BCUT2D eigenvalue weighted by Crippen LogP contribution is 2.26. The van der Waals surface area contributed by atoms with Crippen molar-refractivity contribution in [2.45, 2.75) is 59.2 Å². The number of aryl methyl sites for hydroxylation is 2. The molecule has 2 atom stereocenters. The van der Waals surface area contributed by atoms with Gasteiger partial charge in [0.2, 0.25) is 21.8 Å². The Bertz CT molecular complexity index is 1430. The molecule has 0 spiro atoms. The van der Waals surface area contributed by atoms with Crippen LogP contribution in [0.2, 0.25) is 5.02 Å². The zero-order valence-electron chi connectivity index (χ0n) is 23.7. The minimum atomic E-state index is -3.85. The summed E-state index contributed by atoms with van der Waals surface area (Å²) in [6.45, 7) is 7.27. The second-order valence-corrected chi connectivity index (χ2v) is 12.6. The third-order valence-electron chi connectivity index (χ3n) is 6.81. The lowest BCUT2D eigenvalue weighted by molar-refractivity contribution is -0.140. The normalized spacial score (nSPS) is 12.8. The molecule has 1 N–H and O–H groups in total. The van der Waals surface area contributed by atoms with E-state index in [0.717, 1.165) is 33.7 Å². The van der Waals surface area contributed by atoms with E-state index in [1.165, 1.54) is 4.90 Å². The average molecular weight is 584 g/mol. The highest BCUT2D eigenvalue weighted by molar-refractivity contribution is 7.92. The van der Waals surface area contributed by atoms with Gasteiger partial charge in [-0.2, -0.15) is 0 Å². The van der Waals surface area contributed by atoms with E-state index < -0.39 is 28.5 Å². The summed E-state index contributed by atoms with van der Waals surface area (Å²) in [5.74, 6) is -0.769. The lowest BCUT2D eigenvalue weighted by Gasteiger charge is -2.34. The minimum Gasteiger partial charge on any atom is -0.352 e. The van der Waals surface area contributed by atoms with Crippen LogP contribution in [0.5, 0.6) is 0 Å². The van der Waals surface area contributed by atoms with Gasteiger partial charge in [0.05, 0.1) is 11.9 Å². The number of carbonyl (C=O) groups excluding carboxylic acids is 2. The van der Waals surface area contributed by atoms with Gasteiger partial charge in [-0.3, -0.25) is 13.9 Å². The van der Waals surface area contributed by atoms with Crippen molar-refractivity contribution in [3.63, 3.8) is 0 Å². The molecular weight excluding hydrogens is 546 g/mol. The number of rotatable bonds is 12. The molecule has 0 radical (unpaired) electrons. The van der Waals surface area contributed by atoms with Crippen LogP contribution in [0.25, 0.3) is 0 Å². The van der Waals surface area contributed by atoms with E-state index in [9.17, 15) is 18.0 Å². The van der Waals surface area contributed by atoms with E-state index in [1.54, 1.807) is 25.1 Å². The van der Waals surface area contributed by atoms with Crippen molar-refractivity contribution >= 4 is 39.1 Å². The first-order valence-corrected chi connectivity index (χ1v) is 15.5. The van der Waals surface area contributed by atoms with Crippen molar-refractivity contribution < 1.29 is 18.0 Å². The largest absolute Gasteiger partial charge is 0.352 e. The lowest BCUT2D eigenvalue weighted by Crippen LogP contribution is -2.54. The maximum atomic E-state index is 14.1. The summed E-state index contributed by atoms with van der Waals surface area (Å²) in [6.07, 6.45) is 2.07. The zero-order valence-corrected chi connectivity index (χ0v) is 25.3. The molecule has 214 valence electrons. The summed E-state index contributed by atoms with van der Waals surface area (Å²) in [7, 11) is -3.85. The number of sulfonamides is 1. The monoisotopic (exact) mass is 583 g/mol. The third-order valence-corrected chi connectivity index (χ3v) is 8.18. The van der Waals surface area contributed by atoms with E-state index >= 15 is 0 Å². The molecule has 0 bridgehead atoms. The molecule has 0 aromatic heterocycles. The fourth-order valence-corrected chi connectivity index (χ4v) is 5.63. The predicted octanol–water partition coefficient (Wildman–Crippen LogP) is 5.28. The molecule has 0 heterocycles. The van der Waals surface area contributed by atoms with Crippen molar-refractivity contribution in [2.24, 2.45) is 0 Å². The highest BCUT2D eigenvalue weighted by Gasteiger charge is 2.33. The first-order valence-electron chi connectivity index (χ1n) is 13.3. The number of hydrogen-bond donors (Lipinski definition) is 1. The van der Waals surface area contributed by atoms with Gasteiger partial charge in [-0.1, -0.05) is 78.7 Å². The van der Waals surface area contributed by atoms with Crippen LogP contribution in [0.15, 0.2) is 72.8 Å². The number of halogens is 1. The molecular formula is C31H38ClN3O4S. The maximum absolute atomic E-state index is 14.1. The first kappa shape index (κ1) is 31.2. The van der Waals surface area contributed by atoms with Crippen molar-refractivity contribution in [3.05, 3.63) is 100 Å². The number of carbonyl (C=O) groups is 2. The fraction of sp³-hybridized carbons (Fsp3) is 0.355. The molecule has 3 aromatic carbocycles. The SMILES string of the molecule is CC[C@H](C)NC(=O)[C@@H](Cc1ccccc1)N(Cc1cccc(C)c1)C(=O)CN(c1ccc(Cl)cc1C)S(C)(=O)=O. The number of anilines is 1.